The molecule has 1 rings (SSSR count). The van der Waals surface area contributed by atoms with E-state index in [9.17, 15) is 8.42 Å². The van der Waals surface area contributed by atoms with E-state index in [0.29, 0.717) is 49.8 Å². The predicted octanol–water partition coefficient (Wildman–Crippen LogP) is 1.96. The van der Waals surface area contributed by atoms with Crippen LogP contribution >= 0.6 is 0 Å². The third-order valence-electron chi connectivity index (χ3n) is 2.69. The summed E-state index contributed by atoms with van der Waals surface area (Å²) in [6, 6.07) is 5.09. The molecule has 0 heterocycles. The summed E-state index contributed by atoms with van der Waals surface area (Å²) in [7, 11) is -3.42. The fraction of sp³-hybridized carbons (Fsp3) is 0.571. The number of unbranched alkanes of at least 4 members (excludes halogenated alkanes) is 1. The Morgan fingerprint density at radius 2 is 1.86 bits per heavy atom. The van der Waals surface area contributed by atoms with Gasteiger partial charge >= 0.3 is 0 Å². The van der Waals surface area contributed by atoms with Crippen LogP contribution in [0.5, 0.6) is 11.5 Å². The van der Waals surface area contributed by atoms with Gasteiger partial charge < -0.3 is 15.2 Å². The van der Waals surface area contributed by atoms with Crippen molar-refractivity contribution in [2.45, 2.75) is 26.7 Å². The Balaban J connectivity index is 2.89. The number of nitrogens with one attached hydrogen (secondary N) is 1. The molecule has 0 aliphatic carbocycles. The molecule has 0 saturated heterocycles. The van der Waals surface area contributed by atoms with Crippen LogP contribution in [0.4, 0.5) is 5.69 Å². The summed E-state index contributed by atoms with van der Waals surface area (Å²) in [5.74, 6) is 1.12. The van der Waals surface area contributed by atoms with Crippen LogP contribution in [-0.4, -0.2) is 33.9 Å². The Hall–Kier alpha value is -1.47. The maximum Gasteiger partial charge on any atom is 0.232 e. The van der Waals surface area contributed by atoms with E-state index >= 15 is 0 Å². The average molecular weight is 316 g/mol. The Morgan fingerprint density at radius 3 is 2.48 bits per heavy atom. The lowest BCUT2D eigenvalue weighted by molar-refractivity contribution is 0.332. The molecule has 0 saturated carbocycles. The number of hydrogen-bond acceptors (Lipinski definition) is 5. The summed E-state index contributed by atoms with van der Waals surface area (Å²) in [5.41, 5.74) is 5.77. The molecule has 21 heavy (non-hydrogen) atoms. The van der Waals surface area contributed by atoms with Crippen LogP contribution in [0.15, 0.2) is 18.2 Å². The summed E-state index contributed by atoms with van der Waals surface area (Å²) in [4.78, 5) is 0. The highest BCUT2D eigenvalue weighted by molar-refractivity contribution is 7.92. The quantitative estimate of drug-likeness (QED) is 0.644. The smallest absolute Gasteiger partial charge is 0.232 e. The van der Waals surface area contributed by atoms with Crippen LogP contribution in [0.2, 0.25) is 0 Å². The lowest BCUT2D eigenvalue weighted by Gasteiger charge is -2.14. The Morgan fingerprint density at radius 1 is 1.14 bits per heavy atom. The minimum Gasteiger partial charge on any atom is -0.494 e. The highest BCUT2D eigenvalue weighted by Crippen LogP contribution is 2.30. The zero-order chi connectivity index (χ0) is 15.7. The van der Waals surface area contributed by atoms with Gasteiger partial charge in [-0.2, -0.15) is 0 Å². The first-order valence-corrected chi connectivity index (χ1v) is 8.77. The second-order valence-corrected chi connectivity index (χ2v) is 6.28. The monoisotopic (exact) mass is 316 g/mol. The van der Waals surface area contributed by atoms with E-state index in [2.05, 4.69) is 4.72 Å². The molecule has 1 aromatic rings. The van der Waals surface area contributed by atoms with E-state index in [4.69, 9.17) is 15.2 Å². The Bertz CT molecular complexity index is 532. The first kappa shape index (κ1) is 17.6. The van der Waals surface area contributed by atoms with Gasteiger partial charge in [0.15, 0.2) is 0 Å². The fourth-order valence-corrected chi connectivity index (χ4v) is 2.96. The molecule has 3 N–H and O–H groups in total. The van der Waals surface area contributed by atoms with Crippen molar-refractivity contribution >= 4 is 15.7 Å². The largest absolute Gasteiger partial charge is 0.494 e. The zero-order valence-corrected chi connectivity index (χ0v) is 13.4. The first-order valence-electron chi connectivity index (χ1n) is 7.12. The van der Waals surface area contributed by atoms with Crippen molar-refractivity contribution in [1.82, 2.24) is 0 Å². The molecule has 0 aliphatic rings. The van der Waals surface area contributed by atoms with Crippen molar-refractivity contribution in [2.75, 3.05) is 30.2 Å². The summed E-state index contributed by atoms with van der Waals surface area (Å²) >= 11 is 0. The van der Waals surface area contributed by atoms with Crippen LogP contribution in [0.25, 0.3) is 0 Å². The van der Waals surface area contributed by atoms with Gasteiger partial charge in [-0.3, -0.25) is 4.72 Å². The molecule has 6 nitrogen and oxygen atoms in total. The van der Waals surface area contributed by atoms with Gasteiger partial charge in [-0.1, -0.05) is 0 Å². The molecular formula is C14H24N2O4S. The summed E-state index contributed by atoms with van der Waals surface area (Å²) in [5, 5.41) is 0. The molecular weight excluding hydrogens is 292 g/mol. The van der Waals surface area contributed by atoms with Crippen molar-refractivity contribution < 1.29 is 17.9 Å². The number of anilines is 1. The van der Waals surface area contributed by atoms with Crippen molar-refractivity contribution in [3.63, 3.8) is 0 Å². The minimum absolute atomic E-state index is 0.0363. The van der Waals surface area contributed by atoms with Crippen LogP contribution in [-0.2, 0) is 10.0 Å². The van der Waals surface area contributed by atoms with Crippen LogP contribution in [0, 0.1) is 0 Å². The van der Waals surface area contributed by atoms with Crippen LogP contribution < -0.4 is 19.9 Å². The molecule has 0 aliphatic heterocycles. The van der Waals surface area contributed by atoms with Gasteiger partial charge in [0.25, 0.3) is 0 Å². The van der Waals surface area contributed by atoms with E-state index in [-0.39, 0.29) is 5.75 Å². The van der Waals surface area contributed by atoms with E-state index in [1.165, 1.54) is 0 Å². The standard InChI is InChI=1S/C14H24N2O4S/c1-3-19-12-7-8-14(20-4-2)13(11-12)16-21(17,18)10-6-5-9-15/h7-8,11,16H,3-6,9-10,15H2,1-2H3. The van der Waals surface area contributed by atoms with Gasteiger partial charge in [-0.05, 0) is 45.4 Å². The van der Waals surface area contributed by atoms with Gasteiger partial charge in [0.2, 0.25) is 10.0 Å². The second-order valence-electron chi connectivity index (χ2n) is 4.44. The number of nitrogens with two attached hydrogens (primary N) is 1. The summed E-state index contributed by atoms with van der Waals surface area (Å²) < 4.78 is 37.5. The molecule has 7 heteroatoms. The second kappa shape index (κ2) is 8.74. The lowest BCUT2D eigenvalue weighted by atomic mass is 10.3. The maximum atomic E-state index is 12.1. The van der Waals surface area contributed by atoms with Crippen molar-refractivity contribution in [2.24, 2.45) is 5.73 Å². The third-order valence-corrected chi connectivity index (χ3v) is 4.05. The molecule has 0 radical (unpaired) electrons. The van der Waals surface area contributed by atoms with Gasteiger partial charge in [0.05, 0.1) is 24.7 Å². The van der Waals surface area contributed by atoms with E-state index < -0.39 is 10.0 Å². The number of benzene rings is 1. The van der Waals surface area contributed by atoms with Crippen LogP contribution in [0.3, 0.4) is 0 Å². The first-order chi connectivity index (χ1) is 10.0. The molecule has 0 fully saturated rings. The van der Waals surface area contributed by atoms with Gasteiger partial charge in [-0.25, -0.2) is 8.42 Å². The molecule has 0 atom stereocenters. The number of sulfonamides is 1. The molecule has 0 unspecified atom stereocenters. The van der Waals surface area contributed by atoms with E-state index in [1.807, 2.05) is 13.8 Å². The van der Waals surface area contributed by atoms with Crippen molar-refractivity contribution in [3.05, 3.63) is 18.2 Å². The van der Waals surface area contributed by atoms with Gasteiger partial charge in [0, 0.05) is 6.07 Å². The van der Waals surface area contributed by atoms with Crippen molar-refractivity contribution in [3.8, 4) is 11.5 Å². The number of rotatable bonds is 10. The lowest BCUT2D eigenvalue weighted by Crippen LogP contribution is -2.18. The topological polar surface area (TPSA) is 90.6 Å². The molecule has 0 amide bonds. The van der Waals surface area contributed by atoms with E-state index in [1.54, 1.807) is 18.2 Å². The highest BCUT2D eigenvalue weighted by atomic mass is 32.2. The predicted molar refractivity (Wildman–Crippen MR) is 84.5 cm³/mol. The molecule has 0 aromatic heterocycles. The molecule has 120 valence electrons. The summed E-state index contributed by atoms with van der Waals surface area (Å²) in [6.07, 6.45) is 1.21. The molecule has 0 bridgehead atoms. The van der Waals surface area contributed by atoms with Crippen molar-refractivity contribution in [1.29, 1.82) is 0 Å². The molecule has 0 spiro atoms. The minimum atomic E-state index is -3.42. The average Bonchev–Trinajstić information content (AvgIpc) is 2.42. The highest BCUT2D eigenvalue weighted by Gasteiger charge is 2.14. The van der Waals surface area contributed by atoms with Gasteiger partial charge in [-0.15, -0.1) is 0 Å². The third kappa shape index (κ3) is 6.22. The van der Waals surface area contributed by atoms with Gasteiger partial charge in [0.1, 0.15) is 11.5 Å². The molecule has 1 aromatic carbocycles. The number of ether oxygens (including phenoxy) is 2. The SMILES string of the molecule is CCOc1ccc(OCC)c(NS(=O)(=O)CCCCN)c1. The maximum absolute atomic E-state index is 12.1. The zero-order valence-electron chi connectivity index (χ0n) is 12.6. The van der Waals surface area contributed by atoms with E-state index in [0.717, 1.165) is 0 Å². The fourth-order valence-electron chi connectivity index (χ4n) is 1.78. The number of hydrogen-bond donors (Lipinski definition) is 2. The summed E-state index contributed by atoms with van der Waals surface area (Å²) in [6.45, 7) is 5.16. The van der Waals surface area contributed by atoms with Crippen LogP contribution in [0.1, 0.15) is 26.7 Å². The Labute approximate surface area is 126 Å². The Kier molecular flexibility index (Phi) is 7.31. The normalized spacial score (nSPS) is 11.2.